The van der Waals surface area contributed by atoms with Crippen molar-refractivity contribution in [2.75, 3.05) is 40.0 Å². The van der Waals surface area contributed by atoms with Crippen LogP contribution in [0.4, 0.5) is 28.7 Å². The highest BCUT2D eigenvalue weighted by Gasteiger charge is 2.25. The van der Waals surface area contributed by atoms with Gasteiger partial charge in [-0.25, -0.2) is 4.98 Å². The molecule has 5 heteroatoms. The molecule has 0 saturated heterocycles. The molecule has 5 rings (SSSR count). The summed E-state index contributed by atoms with van der Waals surface area (Å²) in [5, 5.41) is 0. The van der Waals surface area contributed by atoms with E-state index in [2.05, 4.69) is 106 Å². The number of hydrogen-bond acceptors (Lipinski definition) is 5. The van der Waals surface area contributed by atoms with E-state index in [-0.39, 0.29) is 0 Å². The molecule has 5 nitrogen and oxygen atoms in total. The van der Waals surface area contributed by atoms with Crippen molar-refractivity contribution in [3.63, 3.8) is 0 Å². The first-order valence-corrected chi connectivity index (χ1v) is 9.11. The highest BCUT2D eigenvalue weighted by molar-refractivity contribution is 5.81. The van der Waals surface area contributed by atoms with Crippen molar-refractivity contribution in [1.82, 2.24) is 4.98 Å². The first kappa shape index (κ1) is 15.8. The molecule has 0 aliphatic carbocycles. The quantitative estimate of drug-likeness (QED) is 0.694. The van der Waals surface area contributed by atoms with Crippen LogP contribution in [-0.4, -0.2) is 25.4 Å². The first-order chi connectivity index (χ1) is 13.3. The van der Waals surface area contributed by atoms with Crippen LogP contribution < -0.4 is 19.6 Å². The van der Waals surface area contributed by atoms with Crippen LogP contribution in [0.1, 0.15) is 0 Å². The summed E-state index contributed by atoms with van der Waals surface area (Å²) < 4.78 is 0. The van der Waals surface area contributed by atoms with Gasteiger partial charge in [-0.05, 0) is 36.4 Å². The predicted octanol–water partition coefficient (Wildman–Crippen LogP) is 4.38. The SMILES string of the molecule is CN1CN(c2cccc(N3C=CN(c4ccccc4)C3)n2)c2ccccc21. The Labute approximate surface area is 159 Å². The molecule has 27 heavy (non-hydrogen) atoms. The summed E-state index contributed by atoms with van der Waals surface area (Å²) in [5.41, 5.74) is 3.62. The molecule has 0 fully saturated rings. The minimum absolute atomic E-state index is 0.761. The van der Waals surface area contributed by atoms with Crippen LogP contribution in [0.25, 0.3) is 0 Å². The minimum Gasteiger partial charge on any atom is -0.355 e. The smallest absolute Gasteiger partial charge is 0.136 e. The zero-order valence-electron chi connectivity index (χ0n) is 15.2. The molecule has 0 saturated carbocycles. The Balaban J connectivity index is 1.40. The third-order valence-corrected chi connectivity index (χ3v) is 5.05. The Kier molecular flexibility index (Phi) is 3.71. The number of fused-ring (bicyclic) bond motifs is 1. The van der Waals surface area contributed by atoms with Crippen LogP contribution in [-0.2, 0) is 0 Å². The molecule has 0 atom stereocenters. The molecule has 134 valence electrons. The van der Waals surface area contributed by atoms with Gasteiger partial charge in [0.1, 0.15) is 18.3 Å². The van der Waals surface area contributed by atoms with Gasteiger partial charge < -0.3 is 19.6 Å². The summed E-state index contributed by atoms with van der Waals surface area (Å²) in [6.07, 6.45) is 4.19. The van der Waals surface area contributed by atoms with E-state index in [1.165, 1.54) is 17.1 Å². The lowest BCUT2D eigenvalue weighted by molar-refractivity contribution is 0.917. The minimum atomic E-state index is 0.761. The molecule has 1 aromatic heterocycles. The fourth-order valence-corrected chi connectivity index (χ4v) is 3.65. The lowest BCUT2D eigenvalue weighted by Gasteiger charge is -2.23. The van der Waals surface area contributed by atoms with Crippen molar-refractivity contribution in [2.45, 2.75) is 0 Å². The summed E-state index contributed by atoms with van der Waals surface area (Å²) in [6, 6.07) is 25.1. The van der Waals surface area contributed by atoms with Crippen LogP contribution in [0.2, 0.25) is 0 Å². The maximum Gasteiger partial charge on any atom is 0.136 e. The van der Waals surface area contributed by atoms with E-state index in [1.807, 2.05) is 6.07 Å². The van der Waals surface area contributed by atoms with Crippen LogP contribution in [0.5, 0.6) is 0 Å². The molecule has 0 radical (unpaired) electrons. The monoisotopic (exact) mass is 355 g/mol. The summed E-state index contributed by atoms with van der Waals surface area (Å²) >= 11 is 0. The normalized spacial score (nSPS) is 15.6. The van der Waals surface area contributed by atoms with Gasteiger partial charge in [0.2, 0.25) is 0 Å². The number of benzene rings is 2. The van der Waals surface area contributed by atoms with E-state index in [1.54, 1.807) is 0 Å². The largest absolute Gasteiger partial charge is 0.355 e. The number of para-hydroxylation sites is 3. The third-order valence-electron chi connectivity index (χ3n) is 5.05. The second-order valence-electron chi connectivity index (χ2n) is 6.82. The predicted molar refractivity (Wildman–Crippen MR) is 111 cm³/mol. The van der Waals surface area contributed by atoms with Crippen molar-refractivity contribution >= 4 is 28.7 Å². The molecular formula is C22H21N5. The number of aromatic nitrogens is 1. The van der Waals surface area contributed by atoms with Gasteiger partial charge >= 0.3 is 0 Å². The standard InChI is InChI=1S/C22H21N5/c1-24-16-27(20-11-6-5-10-19(20)24)22-13-7-12-21(23-22)26-15-14-25(17-26)18-8-3-2-4-9-18/h2-15H,16-17H2,1H3. The second-order valence-corrected chi connectivity index (χ2v) is 6.82. The Morgan fingerprint density at radius 1 is 0.667 bits per heavy atom. The molecule has 0 N–H and O–H groups in total. The number of hydrogen-bond donors (Lipinski definition) is 0. The van der Waals surface area contributed by atoms with Gasteiger partial charge in [0.15, 0.2) is 0 Å². The maximum atomic E-state index is 4.95. The summed E-state index contributed by atoms with van der Waals surface area (Å²) in [5.74, 6) is 1.92. The Morgan fingerprint density at radius 2 is 1.37 bits per heavy atom. The number of nitrogens with zero attached hydrogens (tertiary/aromatic N) is 5. The number of pyridine rings is 1. The summed E-state index contributed by atoms with van der Waals surface area (Å²) in [6.45, 7) is 1.57. The molecule has 2 aromatic carbocycles. The van der Waals surface area contributed by atoms with Crippen LogP contribution >= 0.6 is 0 Å². The number of anilines is 5. The van der Waals surface area contributed by atoms with Crippen molar-refractivity contribution in [3.05, 3.63) is 85.2 Å². The van der Waals surface area contributed by atoms with Crippen molar-refractivity contribution in [3.8, 4) is 0 Å². The topological polar surface area (TPSA) is 25.9 Å². The average Bonchev–Trinajstić information content (AvgIpc) is 3.35. The molecule has 0 unspecified atom stereocenters. The van der Waals surface area contributed by atoms with Gasteiger partial charge in [0.25, 0.3) is 0 Å². The van der Waals surface area contributed by atoms with Crippen molar-refractivity contribution in [2.24, 2.45) is 0 Å². The zero-order chi connectivity index (χ0) is 18.2. The lowest BCUT2D eigenvalue weighted by Crippen LogP contribution is -2.27. The van der Waals surface area contributed by atoms with E-state index >= 15 is 0 Å². The van der Waals surface area contributed by atoms with Crippen molar-refractivity contribution in [1.29, 1.82) is 0 Å². The van der Waals surface area contributed by atoms with Gasteiger partial charge in [-0.15, -0.1) is 0 Å². The fraction of sp³-hybridized carbons (Fsp3) is 0.136. The Bertz CT molecular complexity index is 985. The lowest BCUT2D eigenvalue weighted by atomic mass is 10.2. The zero-order valence-corrected chi connectivity index (χ0v) is 15.2. The summed E-state index contributed by atoms with van der Waals surface area (Å²) in [7, 11) is 2.11. The number of rotatable bonds is 3. The molecule has 2 aliphatic rings. The van der Waals surface area contributed by atoms with E-state index < -0.39 is 0 Å². The van der Waals surface area contributed by atoms with E-state index in [0.29, 0.717) is 0 Å². The molecule has 2 aliphatic heterocycles. The highest BCUT2D eigenvalue weighted by Crippen LogP contribution is 2.39. The Hall–Kier alpha value is -3.47. The molecule has 3 aromatic rings. The van der Waals surface area contributed by atoms with Gasteiger partial charge in [-0.3, -0.25) is 0 Å². The van der Waals surface area contributed by atoms with Crippen LogP contribution in [0.3, 0.4) is 0 Å². The van der Waals surface area contributed by atoms with Gasteiger partial charge in [0, 0.05) is 25.1 Å². The second kappa shape index (κ2) is 6.36. The molecule has 3 heterocycles. The summed E-state index contributed by atoms with van der Waals surface area (Å²) in [4.78, 5) is 13.8. The van der Waals surface area contributed by atoms with Crippen LogP contribution in [0, 0.1) is 0 Å². The molecular weight excluding hydrogens is 334 g/mol. The van der Waals surface area contributed by atoms with E-state index in [0.717, 1.165) is 25.0 Å². The third kappa shape index (κ3) is 2.77. The fourth-order valence-electron chi connectivity index (χ4n) is 3.65. The molecule has 0 spiro atoms. The van der Waals surface area contributed by atoms with E-state index in [4.69, 9.17) is 4.98 Å². The maximum absolute atomic E-state index is 4.95. The molecule has 0 amide bonds. The van der Waals surface area contributed by atoms with Gasteiger partial charge in [0.05, 0.1) is 18.0 Å². The Morgan fingerprint density at radius 3 is 2.22 bits per heavy atom. The van der Waals surface area contributed by atoms with Gasteiger partial charge in [-0.1, -0.05) is 36.4 Å². The first-order valence-electron chi connectivity index (χ1n) is 9.11. The molecule has 0 bridgehead atoms. The highest BCUT2D eigenvalue weighted by atomic mass is 15.4. The van der Waals surface area contributed by atoms with Gasteiger partial charge in [-0.2, -0.15) is 0 Å². The van der Waals surface area contributed by atoms with Crippen molar-refractivity contribution < 1.29 is 0 Å². The van der Waals surface area contributed by atoms with Crippen LogP contribution in [0.15, 0.2) is 85.2 Å². The van der Waals surface area contributed by atoms with E-state index in [9.17, 15) is 0 Å². The average molecular weight is 355 g/mol.